The monoisotopic (exact) mass is 390 g/mol. The molecule has 27 heavy (non-hydrogen) atoms. The number of cyclic esters (lactones) is 2. The number of rotatable bonds is 9. The van der Waals surface area contributed by atoms with Crippen LogP contribution in [0.2, 0.25) is 0 Å². The number of carbonyl (C=O) groups excluding carboxylic acids is 2. The van der Waals surface area contributed by atoms with Gasteiger partial charge in [0.05, 0.1) is 35.9 Å². The molecule has 0 amide bonds. The predicted octanol–water partition coefficient (Wildman–Crippen LogP) is 1.58. The molecule has 1 saturated heterocycles. The highest BCUT2D eigenvalue weighted by Crippen LogP contribution is 2.28. The Morgan fingerprint density at radius 2 is 1.59 bits per heavy atom. The molecule has 0 saturated carbocycles. The van der Waals surface area contributed by atoms with E-state index < -0.39 is 47.7 Å². The molecule has 0 radical (unpaired) electrons. The lowest BCUT2D eigenvalue weighted by atomic mass is 9.87. The van der Waals surface area contributed by atoms with Gasteiger partial charge in [0.1, 0.15) is 0 Å². The van der Waals surface area contributed by atoms with Crippen molar-refractivity contribution in [3.63, 3.8) is 0 Å². The highest BCUT2D eigenvalue weighted by atomic mass is 16.6. The molecule has 156 valence electrons. The molecule has 1 heterocycles. The lowest BCUT2D eigenvalue weighted by Gasteiger charge is -2.24. The number of carbonyl (C=O) groups is 4. The van der Waals surface area contributed by atoms with E-state index >= 15 is 0 Å². The van der Waals surface area contributed by atoms with E-state index in [-0.39, 0.29) is 12.0 Å². The molecule has 1 rings (SSSR count). The van der Waals surface area contributed by atoms with Gasteiger partial charge in [-0.1, -0.05) is 27.7 Å². The minimum Gasteiger partial charge on any atom is -0.481 e. The molecule has 0 aromatic rings. The molecule has 6 unspecified atom stereocenters. The molecular weight excluding hydrogens is 360 g/mol. The topological polar surface area (TPSA) is 136 Å². The molecular formula is C18H30O9. The van der Waals surface area contributed by atoms with Gasteiger partial charge in [0.2, 0.25) is 0 Å². The van der Waals surface area contributed by atoms with Gasteiger partial charge in [-0.2, -0.15) is 0 Å². The quantitative estimate of drug-likeness (QED) is 0.444. The number of aliphatic carboxylic acids is 2. The van der Waals surface area contributed by atoms with E-state index in [0.717, 1.165) is 0 Å². The summed E-state index contributed by atoms with van der Waals surface area (Å²) in [4.78, 5) is 43.8. The third-order valence-electron chi connectivity index (χ3n) is 4.81. The van der Waals surface area contributed by atoms with Gasteiger partial charge in [-0.3, -0.25) is 19.2 Å². The zero-order chi connectivity index (χ0) is 21.3. The normalized spacial score (nSPS) is 23.5. The molecule has 2 N–H and O–H groups in total. The first-order valence-corrected chi connectivity index (χ1v) is 8.83. The molecule has 0 bridgehead atoms. The molecule has 6 atom stereocenters. The summed E-state index contributed by atoms with van der Waals surface area (Å²) in [7, 11) is 2.93. The zero-order valence-electron chi connectivity index (χ0n) is 16.6. The summed E-state index contributed by atoms with van der Waals surface area (Å²) in [5.41, 5.74) is 0. The number of hydrogen-bond acceptors (Lipinski definition) is 7. The second-order valence-electron chi connectivity index (χ2n) is 6.41. The summed E-state index contributed by atoms with van der Waals surface area (Å²) in [5, 5.41) is 17.6. The molecule has 9 heteroatoms. The smallest absolute Gasteiger partial charge is 0.320 e. The van der Waals surface area contributed by atoms with E-state index in [1.165, 1.54) is 21.1 Å². The van der Waals surface area contributed by atoms with E-state index in [0.29, 0.717) is 12.8 Å². The van der Waals surface area contributed by atoms with Crippen molar-refractivity contribution in [2.45, 2.75) is 52.7 Å². The number of methoxy groups -OCH3 is 2. The Kier molecular flexibility index (Phi) is 10.8. The molecule has 0 aromatic carbocycles. The second kappa shape index (κ2) is 11.7. The fourth-order valence-corrected chi connectivity index (χ4v) is 3.07. The van der Waals surface area contributed by atoms with Crippen LogP contribution in [0.4, 0.5) is 0 Å². The van der Waals surface area contributed by atoms with Gasteiger partial charge >= 0.3 is 23.9 Å². The summed E-state index contributed by atoms with van der Waals surface area (Å²) < 4.78 is 14.6. The Morgan fingerprint density at radius 3 is 1.85 bits per heavy atom. The van der Waals surface area contributed by atoms with Crippen molar-refractivity contribution in [3.8, 4) is 0 Å². The number of esters is 2. The SMILES string of the molecule is CCC(OC)C(C(=O)O)C(C)C(=O)O.CCC(OC)C1C(=O)OC(=O)C1C. The highest BCUT2D eigenvalue weighted by Gasteiger charge is 2.45. The third kappa shape index (κ3) is 6.59. The molecule has 9 nitrogen and oxygen atoms in total. The fourth-order valence-electron chi connectivity index (χ4n) is 3.07. The van der Waals surface area contributed by atoms with Crippen molar-refractivity contribution in [1.29, 1.82) is 0 Å². The first kappa shape index (κ1) is 25.0. The number of carboxylic acid groups (broad SMARTS) is 2. The van der Waals surface area contributed by atoms with Crippen molar-refractivity contribution < 1.29 is 43.6 Å². The van der Waals surface area contributed by atoms with Gasteiger partial charge < -0.3 is 24.4 Å². The van der Waals surface area contributed by atoms with E-state index in [2.05, 4.69) is 4.74 Å². The van der Waals surface area contributed by atoms with Crippen LogP contribution in [0.3, 0.4) is 0 Å². The van der Waals surface area contributed by atoms with Crippen LogP contribution in [0.5, 0.6) is 0 Å². The highest BCUT2D eigenvalue weighted by molar-refractivity contribution is 5.96. The Labute approximate surface area is 159 Å². The van der Waals surface area contributed by atoms with E-state index in [4.69, 9.17) is 19.7 Å². The Balaban J connectivity index is 0.000000501. The molecule has 1 aliphatic rings. The summed E-state index contributed by atoms with van der Waals surface area (Å²) in [6.45, 7) is 6.75. The summed E-state index contributed by atoms with van der Waals surface area (Å²) in [6, 6.07) is 0. The van der Waals surface area contributed by atoms with Crippen molar-refractivity contribution in [2.75, 3.05) is 14.2 Å². The molecule has 1 fully saturated rings. The van der Waals surface area contributed by atoms with Gasteiger partial charge in [0.25, 0.3) is 0 Å². The van der Waals surface area contributed by atoms with Crippen LogP contribution < -0.4 is 0 Å². The van der Waals surface area contributed by atoms with Crippen LogP contribution in [0.25, 0.3) is 0 Å². The minimum absolute atomic E-state index is 0.214. The molecule has 0 aliphatic carbocycles. The van der Waals surface area contributed by atoms with Gasteiger partial charge in [-0.05, 0) is 12.8 Å². The molecule has 0 spiro atoms. The van der Waals surface area contributed by atoms with Crippen LogP contribution in [-0.2, 0) is 33.4 Å². The van der Waals surface area contributed by atoms with Crippen LogP contribution in [-0.4, -0.2) is 60.5 Å². The average molecular weight is 390 g/mol. The Bertz CT molecular complexity index is 523. The summed E-state index contributed by atoms with van der Waals surface area (Å²) in [6.07, 6.45) is 0.409. The molecule has 1 aliphatic heterocycles. The van der Waals surface area contributed by atoms with Gasteiger partial charge in [-0.25, -0.2) is 0 Å². The van der Waals surface area contributed by atoms with Crippen molar-refractivity contribution >= 4 is 23.9 Å². The maximum absolute atomic E-state index is 11.2. The van der Waals surface area contributed by atoms with Crippen molar-refractivity contribution in [2.24, 2.45) is 23.7 Å². The number of carboxylic acids is 2. The number of ether oxygens (including phenoxy) is 3. The van der Waals surface area contributed by atoms with Gasteiger partial charge in [0.15, 0.2) is 0 Å². The van der Waals surface area contributed by atoms with Crippen LogP contribution in [0, 0.1) is 23.7 Å². The van der Waals surface area contributed by atoms with Crippen LogP contribution in [0.15, 0.2) is 0 Å². The Morgan fingerprint density at radius 1 is 1.04 bits per heavy atom. The number of hydrogen-bond donors (Lipinski definition) is 2. The predicted molar refractivity (Wildman–Crippen MR) is 93.9 cm³/mol. The summed E-state index contributed by atoms with van der Waals surface area (Å²) in [5.74, 6) is -5.89. The van der Waals surface area contributed by atoms with E-state index in [9.17, 15) is 19.2 Å². The zero-order valence-corrected chi connectivity index (χ0v) is 16.6. The van der Waals surface area contributed by atoms with Crippen LogP contribution in [0.1, 0.15) is 40.5 Å². The van der Waals surface area contributed by atoms with Gasteiger partial charge in [-0.15, -0.1) is 0 Å². The fraction of sp³-hybridized carbons (Fsp3) is 0.778. The maximum Gasteiger partial charge on any atom is 0.320 e. The van der Waals surface area contributed by atoms with Crippen molar-refractivity contribution in [1.82, 2.24) is 0 Å². The van der Waals surface area contributed by atoms with Crippen molar-refractivity contribution in [3.05, 3.63) is 0 Å². The van der Waals surface area contributed by atoms with Gasteiger partial charge in [0, 0.05) is 14.2 Å². The maximum atomic E-state index is 11.2. The van der Waals surface area contributed by atoms with E-state index in [1.807, 2.05) is 6.92 Å². The second-order valence-corrected chi connectivity index (χ2v) is 6.41. The average Bonchev–Trinajstić information content (AvgIpc) is 2.86. The standard InChI is InChI=1S/C9H16O5.C9H14O4/c1-4-6(14-3)7(9(12)13)5(2)8(10)11;1-4-6(12-3)7-5(2)8(10)13-9(7)11/h5-7H,4H2,1-3H3,(H,10,11)(H,12,13);5-7H,4H2,1-3H3. The summed E-state index contributed by atoms with van der Waals surface area (Å²) >= 11 is 0. The van der Waals surface area contributed by atoms with Crippen LogP contribution >= 0.6 is 0 Å². The lowest BCUT2D eigenvalue weighted by Crippen LogP contribution is -2.37. The first-order valence-electron chi connectivity index (χ1n) is 8.83. The lowest BCUT2D eigenvalue weighted by molar-refractivity contribution is -0.159. The van der Waals surface area contributed by atoms with E-state index in [1.54, 1.807) is 13.8 Å². The molecule has 0 aromatic heterocycles. The Hall–Kier alpha value is -2.00. The third-order valence-corrected chi connectivity index (χ3v) is 4.81. The first-order chi connectivity index (χ1) is 12.6. The largest absolute Gasteiger partial charge is 0.481 e. The minimum atomic E-state index is -1.13.